The average Bonchev–Trinajstić information content (AvgIpc) is 3.21. The predicted octanol–water partition coefficient (Wildman–Crippen LogP) is 3.20. The summed E-state index contributed by atoms with van der Waals surface area (Å²) in [5.41, 5.74) is -0.926. The maximum absolute atomic E-state index is 13.3. The van der Waals surface area contributed by atoms with E-state index in [4.69, 9.17) is 4.74 Å². The summed E-state index contributed by atoms with van der Waals surface area (Å²) in [5.74, 6) is -0.659. The molecule has 0 bridgehead atoms. The van der Waals surface area contributed by atoms with Gasteiger partial charge in [-0.15, -0.1) is 22.7 Å². The van der Waals surface area contributed by atoms with E-state index in [9.17, 15) is 14.7 Å². The van der Waals surface area contributed by atoms with Crippen LogP contribution in [0.25, 0.3) is 20.7 Å². The zero-order chi connectivity index (χ0) is 18.2. The normalized spacial score (nSPS) is 12.0. The molecule has 0 aliphatic heterocycles. The number of hydrogen-bond donors (Lipinski definition) is 1. The monoisotopic (exact) mass is 378 g/mol. The highest BCUT2D eigenvalue weighted by Gasteiger charge is 2.34. The van der Waals surface area contributed by atoms with Crippen LogP contribution in [0.4, 0.5) is 0 Å². The second-order valence-electron chi connectivity index (χ2n) is 6.08. The molecule has 0 saturated heterocycles. The van der Waals surface area contributed by atoms with Gasteiger partial charge >= 0.3 is 5.97 Å². The summed E-state index contributed by atoms with van der Waals surface area (Å²) in [6.07, 6.45) is 0.366. The van der Waals surface area contributed by atoms with E-state index in [1.807, 2.05) is 22.9 Å². The number of nitrogens with zero attached hydrogens (tertiary/aromatic N) is 2. The standard InChI is InChI=1S/C17H18N2O4S2/c1-17(2,16(21)22)19-12(6-7-23-3)18-14-13(15(19)20)10(9-25-14)11-5-4-8-24-11/h4-5,8-9H,6-7H2,1-3H3,(H,21,22). The highest BCUT2D eigenvalue weighted by molar-refractivity contribution is 7.18. The lowest BCUT2D eigenvalue weighted by atomic mass is 10.0. The van der Waals surface area contributed by atoms with Gasteiger partial charge in [0.2, 0.25) is 0 Å². The Labute approximate surface area is 152 Å². The number of aliphatic carboxylic acids is 1. The van der Waals surface area contributed by atoms with Crippen LogP contribution in [0.2, 0.25) is 0 Å². The molecule has 0 aromatic carbocycles. The summed E-state index contributed by atoms with van der Waals surface area (Å²) >= 11 is 2.93. The highest BCUT2D eigenvalue weighted by Crippen LogP contribution is 2.34. The second-order valence-corrected chi connectivity index (χ2v) is 7.89. The van der Waals surface area contributed by atoms with Crippen LogP contribution in [0.15, 0.2) is 27.7 Å². The third-order valence-electron chi connectivity index (χ3n) is 4.08. The van der Waals surface area contributed by atoms with Crippen LogP contribution in [0.3, 0.4) is 0 Å². The van der Waals surface area contributed by atoms with Crippen LogP contribution in [0.5, 0.6) is 0 Å². The number of carboxylic acids is 1. The van der Waals surface area contributed by atoms with Gasteiger partial charge in [-0.25, -0.2) is 9.78 Å². The van der Waals surface area contributed by atoms with Gasteiger partial charge in [-0.3, -0.25) is 9.36 Å². The molecule has 8 heteroatoms. The van der Waals surface area contributed by atoms with Gasteiger partial charge < -0.3 is 9.84 Å². The molecule has 132 valence electrons. The minimum absolute atomic E-state index is 0.326. The first-order valence-corrected chi connectivity index (χ1v) is 9.43. The van der Waals surface area contributed by atoms with Crippen LogP contribution in [0, 0.1) is 0 Å². The summed E-state index contributed by atoms with van der Waals surface area (Å²) in [6, 6.07) is 3.86. The average molecular weight is 378 g/mol. The molecule has 0 unspecified atom stereocenters. The fraction of sp³-hybridized carbons (Fsp3) is 0.353. The van der Waals surface area contributed by atoms with Crippen molar-refractivity contribution in [2.24, 2.45) is 0 Å². The van der Waals surface area contributed by atoms with Gasteiger partial charge in [0.1, 0.15) is 16.2 Å². The first kappa shape index (κ1) is 17.8. The molecule has 0 spiro atoms. The maximum Gasteiger partial charge on any atom is 0.329 e. The molecule has 0 fully saturated rings. The number of carboxylic acid groups (broad SMARTS) is 1. The van der Waals surface area contributed by atoms with E-state index in [1.165, 1.54) is 41.1 Å². The zero-order valence-corrected chi connectivity index (χ0v) is 15.7. The Balaban J connectivity index is 2.33. The van der Waals surface area contributed by atoms with E-state index in [0.717, 1.165) is 10.4 Å². The number of aromatic nitrogens is 2. The van der Waals surface area contributed by atoms with Gasteiger partial charge in [-0.1, -0.05) is 6.07 Å². The van der Waals surface area contributed by atoms with Crippen molar-refractivity contribution in [3.05, 3.63) is 39.1 Å². The first-order valence-electron chi connectivity index (χ1n) is 7.67. The quantitative estimate of drug-likeness (QED) is 0.712. The molecule has 0 radical (unpaired) electrons. The lowest BCUT2D eigenvalue weighted by molar-refractivity contribution is -0.146. The Morgan fingerprint density at radius 1 is 1.40 bits per heavy atom. The molecule has 3 aromatic rings. The Hall–Kier alpha value is -2.03. The van der Waals surface area contributed by atoms with Gasteiger partial charge in [0.05, 0.1) is 12.0 Å². The molecule has 3 rings (SSSR count). The smallest absolute Gasteiger partial charge is 0.329 e. The number of rotatable bonds is 6. The van der Waals surface area contributed by atoms with Crippen LogP contribution in [-0.4, -0.2) is 34.3 Å². The molecular formula is C17H18N2O4S2. The molecule has 0 amide bonds. The molecule has 6 nitrogen and oxygen atoms in total. The number of carbonyl (C=O) groups is 1. The van der Waals surface area contributed by atoms with Crippen molar-refractivity contribution in [3.8, 4) is 10.4 Å². The minimum atomic E-state index is -1.41. The number of fused-ring (bicyclic) bond motifs is 1. The summed E-state index contributed by atoms with van der Waals surface area (Å²) in [7, 11) is 1.56. The van der Waals surface area contributed by atoms with E-state index in [2.05, 4.69) is 4.98 Å². The van der Waals surface area contributed by atoms with Crippen molar-refractivity contribution in [1.29, 1.82) is 0 Å². The minimum Gasteiger partial charge on any atom is -0.480 e. The summed E-state index contributed by atoms with van der Waals surface area (Å²) in [5, 5.41) is 14.0. The van der Waals surface area contributed by atoms with Crippen molar-refractivity contribution in [2.45, 2.75) is 25.8 Å². The first-order chi connectivity index (χ1) is 11.9. The van der Waals surface area contributed by atoms with E-state index in [-0.39, 0.29) is 5.56 Å². The molecular weight excluding hydrogens is 360 g/mol. The highest BCUT2D eigenvalue weighted by atomic mass is 32.1. The van der Waals surface area contributed by atoms with Crippen molar-refractivity contribution in [3.63, 3.8) is 0 Å². The number of ether oxygens (including phenoxy) is 1. The Bertz CT molecular complexity index is 971. The molecule has 0 aliphatic carbocycles. The molecule has 3 aromatic heterocycles. The van der Waals surface area contributed by atoms with Crippen molar-refractivity contribution < 1.29 is 14.6 Å². The third-order valence-corrected chi connectivity index (χ3v) is 5.85. The van der Waals surface area contributed by atoms with Crippen molar-refractivity contribution in [2.75, 3.05) is 13.7 Å². The number of methoxy groups -OCH3 is 1. The third kappa shape index (κ3) is 3.01. The van der Waals surface area contributed by atoms with Crippen LogP contribution in [-0.2, 0) is 21.5 Å². The number of hydrogen-bond acceptors (Lipinski definition) is 6. The van der Waals surface area contributed by atoms with Crippen molar-refractivity contribution >= 4 is 38.9 Å². The fourth-order valence-corrected chi connectivity index (χ4v) is 4.45. The molecule has 0 saturated carbocycles. The molecule has 0 atom stereocenters. The predicted molar refractivity (Wildman–Crippen MR) is 99.7 cm³/mol. The van der Waals surface area contributed by atoms with E-state index < -0.39 is 11.5 Å². The Morgan fingerprint density at radius 3 is 2.76 bits per heavy atom. The van der Waals surface area contributed by atoms with Gasteiger partial charge in [0.15, 0.2) is 0 Å². The van der Waals surface area contributed by atoms with E-state index >= 15 is 0 Å². The molecule has 3 heterocycles. The topological polar surface area (TPSA) is 81.4 Å². The van der Waals surface area contributed by atoms with Crippen LogP contribution < -0.4 is 5.56 Å². The van der Waals surface area contributed by atoms with E-state index in [0.29, 0.717) is 29.1 Å². The van der Waals surface area contributed by atoms with Crippen LogP contribution >= 0.6 is 22.7 Å². The summed E-state index contributed by atoms with van der Waals surface area (Å²) < 4.78 is 6.38. The van der Waals surface area contributed by atoms with E-state index in [1.54, 1.807) is 7.11 Å². The van der Waals surface area contributed by atoms with Gasteiger partial charge in [0.25, 0.3) is 5.56 Å². The van der Waals surface area contributed by atoms with Gasteiger partial charge in [0, 0.05) is 29.4 Å². The Kier molecular flexibility index (Phi) is 4.77. The lowest BCUT2D eigenvalue weighted by Crippen LogP contribution is -2.45. The van der Waals surface area contributed by atoms with Crippen molar-refractivity contribution in [1.82, 2.24) is 9.55 Å². The summed E-state index contributed by atoms with van der Waals surface area (Å²) in [4.78, 5) is 31.2. The maximum atomic E-state index is 13.3. The molecule has 25 heavy (non-hydrogen) atoms. The largest absolute Gasteiger partial charge is 0.480 e. The molecule has 0 aliphatic rings. The van der Waals surface area contributed by atoms with Gasteiger partial charge in [-0.2, -0.15) is 0 Å². The van der Waals surface area contributed by atoms with Gasteiger partial charge in [-0.05, 0) is 25.3 Å². The summed E-state index contributed by atoms with van der Waals surface area (Å²) in [6.45, 7) is 3.38. The SMILES string of the molecule is COCCc1nc2scc(-c3cccs3)c2c(=O)n1C(C)(C)C(=O)O. The lowest BCUT2D eigenvalue weighted by Gasteiger charge is -2.25. The number of thiophene rings is 2. The Morgan fingerprint density at radius 2 is 2.16 bits per heavy atom. The fourth-order valence-electron chi connectivity index (χ4n) is 2.68. The zero-order valence-electron chi connectivity index (χ0n) is 14.1. The van der Waals surface area contributed by atoms with Crippen LogP contribution in [0.1, 0.15) is 19.7 Å². The second kappa shape index (κ2) is 6.70. The molecule has 1 N–H and O–H groups in total.